The number of aldehydes is 1. The fourth-order valence-electron chi connectivity index (χ4n) is 7.19. The van der Waals surface area contributed by atoms with Crippen LogP contribution in [0, 0.1) is 0 Å². The second kappa shape index (κ2) is 18.5. The molecule has 0 spiro atoms. The fourth-order valence-corrected chi connectivity index (χ4v) is 7.19. The van der Waals surface area contributed by atoms with Crippen LogP contribution in [0.5, 0.6) is 0 Å². The summed E-state index contributed by atoms with van der Waals surface area (Å²) in [5.74, 6) is -15.5. The summed E-state index contributed by atoms with van der Waals surface area (Å²) in [6.45, 7) is 1.57. The number of hydrogen-bond acceptors (Lipinski definition) is 24. The molecule has 0 amide bonds. The van der Waals surface area contributed by atoms with E-state index in [1.165, 1.54) is 0 Å². The van der Waals surface area contributed by atoms with Crippen molar-refractivity contribution in [3.05, 3.63) is 0 Å². The lowest BCUT2D eigenvalue weighted by atomic mass is 9.52. The molecule has 0 radical (unpaired) electrons. The third-order valence-electron chi connectivity index (χ3n) is 10.1. The molecule has 0 aromatic rings. The molecule has 0 aliphatic carbocycles. The highest BCUT2D eigenvalue weighted by atomic mass is 16.8. The van der Waals surface area contributed by atoms with Crippen LogP contribution in [0.3, 0.4) is 0 Å². The zero-order valence-corrected chi connectivity index (χ0v) is 32.9. The first-order valence-electron chi connectivity index (χ1n) is 17.4. The number of esters is 3. The molecule has 14 atom stereocenters. The number of hydrogen-bond donors (Lipinski definition) is 8. The predicted molar refractivity (Wildman–Crippen MR) is 185 cm³/mol. The van der Waals surface area contributed by atoms with Crippen LogP contribution in [-0.2, 0) is 76.3 Å². The summed E-state index contributed by atoms with van der Waals surface area (Å²) in [5, 5.41) is 56.2. The zero-order valence-electron chi connectivity index (χ0n) is 32.9. The molecular formula is C34H51N3O21. The van der Waals surface area contributed by atoms with Gasteiger partial charge in [-0.2, -0.15) is 0 Å². The van der Waals surface area contributed by atoms with Crippen LogP contribution >= 0.6 is 0 Å². The molecule has 2 aliphatic heterocycles. The Morgan fingerprint density at radius 2 is 1.38 bits per heavy atom. The predicted octanol–water partition coefficient (Wildman–Crippen LogP) is -6.32. The fraction of sp³-hybridized carbons (Fsp3) is 0.735. The summed E-state index contributed by atoms with van der Waals surface area (Å²) in [5.41, 5.74) is 2.87. The van der Waals surface area contributed by atoms with Gasteiger partial charge < -0.3 is 80.7 Å². The van der Waals surface area contributed by atoms with Gasteiger partial charge in [-0.05, 0) is 27.7 Å². The van der Waals surface area contributed by atoms with Crippen molar-refractivity contribution < 1.29 is 102 Å². The van der Waals surface area contributed by atoms with Crippen LogP contribution in [0.2, 0.25) is 0 Å². The molecule has 0 aromatic heterocycles. The number of aliphatic hydroxyl groups excluding tert-OH is 4. The lowest BCUT2D eigenvalue weighted by Gasteiger charge is -2.67. The van der Waals surface area contributed by atoms with Gasteiger partial charge in [-0.1, -0.05) is 0 Å². The van der Waals surface area contributed by atoms with Gasteiger partial charge >= 0.3 is 17.9 Å². The zero-order chi connectivity index (χ0) is 45.1. The molecule has 2 heterocycles. The highest BCUT2D eigenvalue weighted by Crippen LogP contribution is 2.58. The number of ketones is 5. The van der Waals surface area contributed by atoms with Gasteiger partial charge in [0.25, 0.3) is 5.79 Å². The van der Waals surface area contributed by atoms with E-state index in [1.807, 2.05) is 0 Å². The Morgan fingerprint density at radius 3 is 1.78 bits per heavy atom. The average Bonchev–Trinajstić information content (AvgIpc) is 3.13. The van der Waals surface area contributed by atoms with E-state index in [4.69, 9.17) is 50.4 Å². The molecule has 24 nitrogen and oxygen atoms in total. The number of aliphatic hydroxyl groups is 5. The van der Waals surface area contributed by atoms with Crippen molar-refractivity contribution in [2.75, 3.05) is 19.8 Å². The van der Waals surface area contributed by atoms with Gasteiger partial charge in [0.1, 0.15) is 50.0 Å². The van der Waals surface area contributed by atoms with Crippen molar-refractivity contribution >= 4 is 53.1 Å². The smallest absolute Gasteiger partial charge is 0.303 e. The van der Waals surface area contributed by atoms with Crippen LogP contribution in [0.25, 0.3) is 0 Å². The maximum Gasteiger partial charge on any atom is 0.303 e. The van der Waals surface area contributed by atoms with Crippen LogP contribution in [0.1, 0.15) is 55.4 Å². The third kappa shape index (κ3) is 8.11. The van der Waals surface area contributed by atoms with Crippen molar-refractivity contribution in [2.24, 2.45) is 17.2 Å². The van der Waals surface area contributed by atoms with Gasteiger partial charge in [-0.3, -0.25) is 38.4 Å². The van der Waals surface area contributed by atoms with Crippen molar-refractivity contribution in [3.8, 4) is 0 Å². The summed E-state index contributed by atoms with van der Waals surface area (Å²) >= 11 is 0. The van der Waals surface area contributed by atoms with Gasteiger partial charge in [-0.15, -0.1) is 0 Å². The number of nitrogens with two attached hydrogens (primary N) is 3. The summed E-state index contributed by atoms with van der Waals surface area (Å²) in [7, 11) is 0. The summed E-state index contributed by atoms with van der Waals surface area (Å²) in [6, 6.07) is -4.06. The quantitative estimate of drug-likeness (QED) is 0.0341. The molecule has 0 aromatic carbocycles. The van der Waals surface area contributed by atoms with Crippen molar-refractivity contribution in [1.29, 1.82) is 0 Å². The first kappa shape index (κ1) is 50.1. The van der Waals surface area contributed by atoms with E-state index >= 15 is 0 Å². The highest BCUT2D eigenvalue weighted by molar-refractivity contribution is 6.13. The molecule has 0 bridgehead atoms. The second-order valence-electron chi connectivity index (χ2n) is 13.9. The molecule has 2 fully saturated rings. The molecule has 58 heavy (non-hydrogen) atoms. The summed E-state index contributed by atoms with van der Waals surface area (Å²) in [4.78, 5) is 119. The van der Waals surface area contributed by atoms with Crippen molar-refractivity contribution in [3.63, 3.8) is 0 Å². The monoisotopic (exact) mass is 837 g/mol. The Labute approximate surface area is 330 Å². The van der Waals surface area contributed by atoms with Gasteiger partial charge in [0.2, 0.25) is 11.2 Å². The topological polar surface area (TPSA) is 397 Å². The Bertz CT molecular complexity index is 1660. The standard InChI is InChI=1S/C34H51N3O21/c1-13(40)30(12-53-19(7)46)33(16(4)43,57-29-24(36)26(50)28(54-20(8)47)23(55-29)11-52-18(6)45)32(51,15(3)42)31(37,14(2)41)34(58-30,17(5)44)56-27(22(48)10-39)25(49)21(35)9-38/h9,21-29,39,48-51H,10-12,35-37H2,1-8H3/t21-,22+,23+,24+,25+,26+,27+,28+,29-,30-,31-,32+,33+,34+/m0/s1. The van der Waals surface area contributed by atoms with Crippen LogP contribution in [-0.4, -0.2) is 182 Å². The van der Waals surface area contributed by atoms with E-state index < -0.39 is 150 Å². The van der Waals surface area contributed by atoms with E-state index in [0.717, 1.165) is 20.8 Å². The summed E-state index contributed by atoms with van der Waals surface area (Å²) in [6.07, 6.45) is -15.5. The maximum absolute atomic E-state index is 14.5. The van der Waals surface area contributed by atoms with Crippen LogP contribution in [0.15, 0.2) is 0 Å². The molecule has 2 saturated heterocycles. The Balaban J connectivity index is 3.34. The number of carbonyl (C=O) groups is 9. The number of Topliss-reactive ketones (excluding diaryl/α,β-unsaturated/α-hetero) is 5. The van der Waals surface area contributed by atoms with Crippen molar-refractivity contribution in [1.82, 2.24) is 0 Å². The van der Waals surface area contributed by atoms with Gasteiger partial charge in [0.15, 0.2) is 52.5 Å². The lowest BCUT2D eigenvalue weighted by molar-refractivity contribution is -0.422. The van der Waals surface area contributed by atoms with E-state index in [1.54, 1.807) is 0 Å². The number of carbonyl (C=O) groups excluding carboxylic acids is 9. The molecule has 2 aliphatic rings. The van der Waals surface area contributed by atoms with E-state index in [9.17, 15) is 68.7 Å². The molecule has 0 unspecified atom stereocenters. The van der Waals surface area contributed by atoms with E-state index in [-0.39, 0.29) is 6.29 Å². The first-order valence-corrected chi connectivity index (χ1v) is 17.4. The van der Waals surface area contributed by atoms with Gasteiger partial charge in [-0.25, -0.2) is 0 Å². The van der Waals surface area contributed by atoms with E-state index in [2.05, 4.69) is 0 Å². The van der Waals surface area contributed by atoms with E-state index in [0.29, 0.717) is 34.6 Å². The molecule has 0 saturated carbocycles. The minimum Gasteiger partial charge on any atom is -0.463 e. The number of rotatable bonds is 19. The average molecular weight is 838 g/mol. The minimum atomic E-state index is -4.23. The number of ether oxygens (including phenoxy) is 7. The largest absolute Gasteiger partial charge is 0.463 e. The molecule has 24 heteroatoms. The Kier molecular flexibility index (Phi) is 16.0. The van der Waals surface area contributed by atoms with Crippen LogP contribution in [0.4, 0.5) is 0 Å². The Morgan fingerprint density at radius 1 is 0.828 bits per heavy atom. The third-order valence-corrected chi connectivity index (χ3v) is 10.1. The van der Waals surface area contributed by atoms with Crippen molar-refractivity contribution in [2.45, 2.75) is 139 Å². The summed E-state index contributed by atoms with van der Waals surface area (Å²) < 4.78 is 38.9. The molecule has 11 N–H and O–H groups in total. The molecule has 328 valence electrons. The lowest BCUT2D eigenvalue weighted by Crippen LogP contribution is -2.98. The Hall–Kier alpha value is -4.05. The second-order valence-corrected chi connectivity index (χ2v) is 13.9. The normalized spacial score (nSPS) is 35.6. The maximum atomic E-state index is 14.5. The molecular weight excluding hydrogens is 786 g/mol. The van der Waals surface area contributed by atoms with Gasteiger partial charge in [0.05, 0.1) is 18.7 Å². The first-order chi connectivity index (χ1) is 26.6. The SMILES string of the molecule is CC(=O)OC[C@H]1O[C@@H](O[C@@]2(C(C)=O)[C@@](O)(C(C)=O)[C@@](N)(C(C)=O)[C@@](O[C@@H]([C@H](O)[C@@H](N)C=O)[C@H](O)CO)(C(C)=O)O[C@@]2(COC(C)=O)C(C)=O)[C@H](N)[C@@H](O)[C@@H]1OC(C)=O. The van der Waals surface area contributed by atoms with Crippen LogP contribution < -0.4 is 17.2 Å². The highest BCUT2D eigenvalue weighted by Gasteiger charge is 2.90. The van der Waals surface area contributed by atoms with Gasteiger partial charge in [0, 0.05) is 27.7 Å². The molecule has 2 rings (SSSR count). The minimum absolute atomic E-state index is 0.0718.